The van der Waals surface area contributed by atoms with E-state index in [1.807, 2.05) is 0 Å². The highest BCUT2D eigenvalue weighted by molar-refractivity contribution is 5.74. The smallest absolute Gasteiger partial charge is 0.312 e. The van der Waals surface area contributed by atoms with Gasteiger partial charge in [-0.2, -0.15) is 5.10 Å². The van der Waals surface area contributed by atoms with Crippen LogP contribution < -0.4 is 11.1 Å². The molecule has 9 heteroatoms. The van der Waals surface area contributed by atoms with Gasteiger partial charge in [-0.1, -0.05) is 0 Å². The zero-order chi connectivity index (χ0) is 16.2. The maximum Gasteiger partial charge on any atom is 0.312 e. The molecule has 2 unspecified atom stereocenters. The average Bonchev–Trinajstić information content (AvgIpc) is 2.61. The quantitative estimate of drug-likeness (QED) is 0.442. The maximum absolute atomic E-state index is 10.9. The van der Waals surface area contributed by atoms with Crippen molar-refractivity contribution >= 4 is 11.6 Å². The molecule has 0 spiro atoms. The summed E-state index contributed by atoms with van der Waals surface area (Å²) in [6.07, 6.45) is -0.601. The highest BCUT2D eigenvalue weighted by Gasteiger charge is 2.22. The van der Waals surface area contributed by atoms with Gasteiger partial charge in [-0.05, 0) is 20.8 Å². The van der Waals surface area contributed by atoms with E-state index in [9.17, 15) is 20.0 Å². The van der Waals surface area contributed by atoms with Crippen molar-refractivity contribution in [3.05, 3.63) is 21.5 Å². The highest BCUT2D eigenvalue weighted by Crippen LogP contribution is 2.21. The van der Waals surface area contributed by atoms with Gasteiger partial charge in [0, 0.05) is 19.0 Å². The molecule has 21 heavy (non-hydrogen) atoms. The molecule has 0 aliphatic rings. The number of carbonyl (C=O) groups is 1. The van der Waals surface area contributed by atoms with Gasteiger partial charge in [-0.25, -0.2) is 0 Å². The summed E-state index contributed by atoms with van der Waals surface area (Å²) in [6, 6.07) is -0.146. The van der Waals surface area contributed by atoms with Crippen LogP contribution in [-0.2, 0) is 11.3 Å². The number of hydrogen-bond acceptors (Lipinski definition) is 6. The molecule has 0 saturated carbocycles. The van der Waals surface area contributed by atoms with Gasteiger partial charge in [0.25, 0.3) is 0 Å². The number of nitro groups is 1. The van der Waals surface area contributed by atoms with Crippen LogP contribution >= 0.6 is 0 Å². The van der Waals surface area contributed by atoms with Crippen LogP contribution in [0.4, 0.5) is 5.69 Å². The molecule has 9 nitrogen and oxygen atoms in total. The van der Waals surface area contributed by atoms with Crippen LogP contribution in [0.3, 0.4) is 0 Å². The van der Waals surface area contributed by atoms with E-state index in [0.29, 0.717) is 11.4 Å². The van der Waals surface area contributed by atoms with Crippen molar-refractivity contribution in [2.24, 2.45) is 5.73 Å². The third-order valence-electron chi connectivity index (χ3n) is 3.12. The predicted molar refractivity (Wildman–Crippen MR) is 75.6 cm³/mol. The van der Waals surface area contributed by atoms with Crippen LogP contribution in [-0.4, -0.2) is 44.4 Å². The fourth-order valence-electron chi connectivity index (χ4n) is 2.10. The normalized spacial score (nSPS) is 13.9. The molecule has 0 aromatic carbocycles. The minimum atomic E-state index is -0.780. The molecule has 118 valence electrons. The lowest BCUT2D eigenvalue weighted by atomic mass is 10.2. The van der Waals surface area contributed by atoms with Gasteiger partial charge in [0.1, 0.15) is 11.4 Å². The van der Waals surface area contributed by atoms with Crippen molar-refractivity contribution in [1.82, 2.24) is 15.1 Å². The van der Waals surface area contributed by atoms with E-state index in [1.54, 1.807) is 20.8 Å². The van der Waals surface area contributed by atoms with E-state index in [4.69, 9.17) is 5.73 Å². The third-order valence-corrected chi connectivity index (χ3v) is 3.12. The average molecular weight is 299 g/mol. The van der Waals surface area contributed by atoms with Crippen LogP contribution in [0.1, 0.15) is 24.7 Å². The van der Waals surface area contributed by atoms with Gasteiger partial charge < -0.3 is 16.2 Å². The molecule has 0 bridgehead atoms. The van der Waals surface area contributed by atoms with Crippen molar-refractivity contribution in [3.8, 4) is 0 Å². The number of aliphatic hydroxyl groups is 1. The first-order valence-electron chi connectivity index (χ1n) is 6.60. The molecule has 1 rings (SSSR count). The van der Waals surface area contributed by atoms with Crippen molar-refractivity contribution in [2.45, 2.75) is 45.9 Å². The number of aryl methyl sites for hydroxylation is 1. The van der Waals surface area contributed by atoms with Gasteiger partial charge in [0.05, 0.1) is 17.6 Å². The second-order valence-electron chi connectivity index (χ2n) is 5.09. The summed E-state index contributed by atoms with van der Waals surface area (Å²) in [7, 11) is 0. The van der Waals surface area contributed by atoms with Crippen molar-refractivity contribution < 1.29 is 14.8 Å². The van der Waals surface area contributed by atoms with Crippen molar-refractivity contribution in [1.29, 1.82) is 0 Å². The van der Waals surface area contributed by atoms with Gasteiger partial charge in [0.2, 0.25) is 5.91 Å². The molecule has 2 atom stereocenters. The van der Waals surface area contributed by atoms with Crippen molar-refractivity contribution in [3.63, 3.8) is 0 Å². The summed E-state index contributed by atoms with van der Waals surface area (Å²) >= 11 is 0. The van der Waals surface area contributed by atoms with Crippen molar-refractivity contribution in [2.75, 3.05) is 6.54 Å². The molecule has 1 heterocycles. The Hall–Kier alpha value is -2.00. The number of rotatable bonds is 8. The van der Waals surface area contributed by atoms with E-state index < -0.39 is 16.9 Å². The summed E-state index contributed by atoms with van der Waals surface area (Å²) in [5.74, 6) is -0.418. The van der Waals surface area contributed by atoms with Crippen LogP contribution in [0.5, 0.6) is 0 Å². The summed E-state index contributed by atoms with van der Waals surface area (Å²) in [5.41, 5.74) is 5.76. The van der Waals surface area contributed by atoms with Crippen LogP contribution in [0.2, 0.25) is 0 Å². The van der Waals surface area contributed by atoms with E-state index >= 15 is 0 Å². The molecule has 0 fully saturated rings. The topological polar surface area (TPSA) is 136 Å². The SMILES string of the molecule is Cc1nn(CC(O)CNC(C)CC(N)=O)c(C)c1[N+](=O)[O-]. The van der Waals surface area contributed by atoms with E-state index in [0.717, 1.165) is 0 Å². The van der Waals surface area contributed by atoms with Crippen LogP contribution in [0.25, 0.3) is 0 Å². The summed E-state index contributed by atoms with van der Waals surface area (Å²) in [5, 5.41) is 27.9. The predicted octanol–water partition coefficient (Wildman–Crippen LogP) is -0.377. The van der Waals surface area contributed by atoms with Crippen LogP contribution in [0, 0.1) is 24.0 Å². The number of nitrogens with zero attached hydrogens (tertiary/aromatic N) is 3. The lowest BCUT2D eigenvalue weighted by Crippen LogP contribution is -2.38. The Labute approximate surface area is 122 Å². The number of carbonyl (C=O) groups excluding carboxylic acids is 1. The Kier molecular flexibility index (Phi) is 5.79. The van der Waals surface area contributed by atoms with E-state index in [2.05, 4.69) is 10.4 Å². The molecule has 1 aromatic rings. The molecule has 1 aromatic heterocycles. The van der Waals surface area contributed by atoms with Gasteiger partial charge >= 0.3 is 5.69 Å². The Bertz CT molecular complexity index is 528. The minimum absolute atomic E-state index is 0.0303. The van der Waals surface area contributed by atoms with E-state index in [1.165, 1.54) is 4.68 Å². The Morgan fingerprint density at radius 3 is 2.67 bits per heavy atom. The first-order chi connectivity index (χ1) is 9.72. The molecule has 1 amide bonds. The van der Waals surface area contributed by atoms with E-state index in [-0.39, 0.29) is 31.2 Å². The molecule has 4 N–H and O–H groups in total. The lowest BCUT2D eigenvalue weighted by molar-refractivity contribution is -0.386. The summed E-state index contributed by atoms with van der Waals surface area (Å²) in [4.78, 5) is 21.2. The standard InChI is InChI=1S/C12H21N5O4/c1-7(4-11(13)19)14-5-10(18)6-16-9(3)12(17(20)21)8(2)15-16/h7,10,14,18H,4-6H2,1-3H3,(H2,13,19). The number of nitrogens with two attached hydrogens (primary N) is 1. The molecular formula is C12H21N5O4. The first kappa shape index (κ1) is 17.1. The summed E-state index contributed by atoms with van der Waals surface area (Å²) in [6.45, 7) is 5.30. The Morgan fingerprint density at radius 2 is 2.19 bits per heavy atom. The first-order valence-corrected chi connectivity index (χ1v) is 6.60. The molecule has 0 radical (unpaired) electrons. The van der Waals surface area contributed by atoms with Gasteiger partial charge in [-0.15, -0.1) is 0 Å². The minimum Gasteiger partial charge on any atom is -0.390 e. The van der Waals surface area contributed by atoms with Crippen LogP contribution in [0.15, 0.2) is 0 Å². The fraction of sp³-hybridized carbons (Fsp3) is 0.667. The van der Waals surface area contributed by atoms with Gasteiger partial charge in [0.15, 0.2) is 0 Å². The highest BCUT2D eigenvalue weighted by atomic mass is 16.6. The second kappa shape index (κ2) is 7.14. The number of primary amides is 1. The number of amides is 1. The number of hydrogen-bond donors (Lipinski definition) is 3. The molecule has 0 saturated heterocycles. The Morgan fingerprint density at radius 1 is 1.57 bits per heavy atom. The third kappa shape index (κ3) is 4.80. The zero-order valence-electron chi connectivity index (χ0n) is 12.4. The maximum atomic E-state index is 10.9. The molecule has 0 aliphatic carbocycles. The number of nitrogens with one attached hydrogen (secondary N) is 1. The number of aromatic nitrogens is 2. The largest absolute Gasteiger partial charge is 0.390 e. The fourth-order valence-corrected chi connectivity index (χ4v) is 2.10. The monoisotopic (exact) mass is 299 g/mol. The Balaban J connectivity index is 2.59. The molecular weight excluding hydrogens is 278 g/mol. The van der Waals surface area contributed by atoms with Gasteiger partial charge in [-0.3, -0.25) is 19.6 Å². The second-order valence-corrected chi connectivity index (χ2v) is 5.09. The zero-order valence-corrected chi connectivity index (χ0v) is 12.4. The lowest BCUT2D eigenvalue weighted by Gasteiger charge is -2.16. The number of aliphatic hydroxyl groups excluding tert-OH is 1. The summed E-state index contributed by atoms with van der Waals surface area (Å²) < 4.78 is 1.42. The molecule has 0 aliphatic heterocycles.